The summed E-state index contributed by atoms with van der Waals surface area (Å²) in [6.07, 6.45) is 7.49. The molecule has 7 nitrogen and oxygen atoms in total. The van der Waals surface area contributed by atoms with Gasteiger partial charge in [0.25, 0.3) is 0 Å². The zero-order valence-corrected chi connectivity index (χ0v) is 19.6. The number of rotatable bonds is 6. The smallest absolute Gasteiger partial charge is 0.376 e. The number of aromatic nitrogens is 2. The van der Waals surface area contributed by atoms with Gasteiger partial charge in [-0.3, -0.25) is 0 Å². The van der Waals surface area contributed by atoms with Gasteiger partial charge < -0.3 is 14.2 Å². The van der Waals surface area contributed by atoms with Crippen molar-refractivity contribution >= 4 is 15.7 Å². The van der Waals surface area contributed by atoms with E-state index in [-0.39, 0.29) is 25.8 Å². The Morgan fingerprint density at radius 2 is 1.94 bits per heavy atom. The number of alkyl halides is 3. The number of imidazole rings is 1. The largest absolute Gasteiger partial charge is 0.511 e. The molecule has 1 saturated carbocycles. The average molecular weight is 487 g/mol. The molecule has 0 bridgehead atoms. The van der Waals surface area contributed by atoms with Crippen LogP contribution in [0, 0.1) is 6.92 Å². The third-order valence-electron chi connectivity index (χ3n) is 6.30. The van der Waals surface area contributed by atoms with Crippen LogP contribution in [0.4, 0.5) is 18.9 Å². The van der Waals surface area contributed by atoms with Crippen LogP contribution in [0.5, 0.6) is 0 Å². The Balaban J connectivity index is 1.74. The maximum absolute atomic E-state index is 13.5. The standard InChI is InChI=1S/C22H29F3N4O3S/c1-16-7-8-21-17(9-16)10-28(33(30,31)22(23,24)25)13-19(14-32-20-5-3-4-6-20)29(21)12-18-11-27(2)15-26-18/h7-9,11,15,19-20H,3-6,10,12-14H2,1-2H3/t19-/m1/s1. The van der Waals surface area contributed by atoms with Crippen molar-refractivity contribution in [3.63, 3.8) is 0 Å². The van der Waals surface area contributed by atoms with Crippen molar-refractivity contribution in [2.75, 3.05) is 18.1 Å². The van der Waals surface area contributed by atoms with Gasteiger partial charge in [-0.15, -0.1) is 0 Å². The van der Waals surface area contributed by atoms with Gasteiger partial charge in [0, 0.05) is 32.0 Å². The maximum atomic E-state index is 13.5. The summed E-state index contributed by atoms with van der Waals surface area (Å²) < 4.78 is 73.9. The molecule has 2 aliphatic rings. The first kappa shape index (κ1) is 24.0. The van der Waals surface area contributed by atoms with Crippen molar-refractivity contribution in [2.24, 2.45) is 7.05 Å². The van der Waals surface area contributed by atoms with Gasteiger partial charge in [-0.2, -0.15) is 17.5 Å². The Labute approximate surface area is 192 Å². The van der Waals surface area contributed by atoms with Gasteiger partial charge in [0.1, 0.15) is 0 Å². The Hall–Kier alpha value is -2.11. The van der Waals surface area contributed by atoms with Gasteiger partial charge in [0.2, 0.25) is 0 Å². The summed E-state index contributed by atoms with van der Waals surface area (Å²) in [5, 5.41) is 0. The van der Waals surface area contributed by atoms with E-state index in [4.69, 9.17) is 4.74 Å². The molecule has 1 aliphatic carbocycles. The van der Waals surface area contributed by atoms with Crippen LogP contribution in [-0.4, -0.2) is 53.1 Å². The summed E-state index contributed by atoms with van der Waals surface area (Å²) in [4.78, 5) is 6.32. The first-order chi connectivity index (χ1) is 15.5. The molecule has 0 radical (unpaired) electrons. The van der Waals surface area contributed by atoms with E-state index in [0.29, 0.717) is 22.1 Å². The zero-order valence-electron chi connectivity index (χ0n) is 18.8. The lowest BCUT2D eigenvalue weighted by molar-refractivity contribution is -0.0495. The molecule has 0 unspecified atom stereocenters. The Morgan fingerprint density at radius 3 is 2.58 bits per heavy atom. The average Bonchev–Trinajstić information content (AvgIpc) is 3.36. The lowest BCUT2D eigenvalue weighted by Crippen LogP contribution is -2.49. The van der Waals surface area contributed by atoms with Crippen LogP contribution in [0.2, 0.25) is 0 Å². The Morgan fingerprint density at radius 1 is 1.21 bits per heavy atom. The van der Waals surface area contributed by atoms with E-state index >= 15 is 0 Å². The number of anilines is 1. The minimum Gasteiger partial charge on any atom is -0.376 e. The summed E-state index contributed by atoms with van der Waals surface area (Å²) in [6.45, 7) is 1.62. The molecule has 4 rings (SSSR count). The highest BCUT2D eigenvalue weighted by atomic mass is 32.2. The molecule has 1 aromatic heterocycles. The normalized spacial score (nSPS) is 20.8. The minimum absolute atomic E-state index is 0.0510. The second-order valence-electron chi connectivity index (χ2n) is 8.93. The number of hydrogen-bond donors (Lipinski definition) is 0. The maximum Gasteiger partial charge on any atom is 0.511 e. The van der Waals surface area contributed by atoms with Crippen molar-refractivity contribution in [1.82, 2.24) is 13.9 Å². The van der Waals surface area contributed by atoms with Gasteiger partial charge >= 0.3 is 15.5 Å². The molecule has 182 valence electrons. The minimum atomic E-state index is -5.51. The summed E-state index contributed by atoms with van der Waals surface area (Å²) in [5.41, 5.74) is -2.56. The number of sulfonamides is 1. The fourth-order valence-electron chi connectivity index (χ4n) is 4.62. The molecule has 11 heteroatoms. The van der Waals surface area contributed by atoms with Gasteiger partial charge in [0.05, 0.1) is 37.3 Å². The third-order valence-corrected chi connectivity index (χ3v) is 7.84. The quantitative estimate of drug-likeness (QED) is 0.623. The fourth-order valence-corrected chi connectivity index (χ4v) is 5.59. The molecule has 33 heavy (non-hydrogen) atoms. The molecule has 0 N–H and O–H groups in total. The van der Waals surface area contributed by atoms with E-state index in [2.05, 4.69) is 4.98 Å². The highest BCUT2D eigenvalue weighted by molar-refractivity contribution is 7.89. The van der Waals surface area contributed by atoms with Gasteiger partial charge in [-0.25, -0.2) is 13.4 Å². The number of aryl methyl sites for hydroxylation is 2. The van der Waals surface area contributed by atoms with E-state index in [1.807, 2.05) is 37.2 Å². The summed E-state index contributed by atoms with van der Waals surface area (Å²) in [7, 11) is -3.67. The molecule has 0 amide bonds. The van der Waals surface area contributed by atoms with E-state index < -0.39 is 21.6 Å². The summed E-state index contributed by atoms with van der Waals surface area (Å²) in [6, 6.07) is 4.88. The molecule has 1 aromatic carbocycles. The Bertz CT molecular complexity index is 1080. The zero-order chi connectivity index (χ0) is 23.8. The molecule has 0 spiro atoms. The monoisotopic (exact) mass is 486 g/mol. The van der Waals surface area contributed by atoms with Gasteiger partial charge in [-0.1, -0.05) is 30.5 Å². The molecule has 0 saturated heterocycles. The summed E-state index contributed by atoms with van der Waals surface area (Å²) >= 11 is 0. The summed E-state index contributed by atoms with van der Waals surface area (Å²) in [5.74, 6) is 0. The van der Waals surface area contributed by atoms with Crippen LogP contribution in [0.3, 0.4) is 0 Å². The van der Waals surface area contributed by atoms with Crippen LogP contribution < -0.4 is 4.90 Å². The van der Waals surface area contributed by atoms with Crippen molar-refractivity contribution in [3.05, 3.63) is 47.5 Å². The number of fused-ring (bicyclic) bond motifs is 1. The Kier molecular flexibility index (Phi) is 6.75. The fraction of sp³-hybridized carbons (Fsp3) is 0.591. The van der Waals surface area contributed by atoms with Crippen LogP contribution in [-0.2, 0) is 34.9 Å². The highest BCUT2D eigenvalue weighted by Crippen LogP contribution is 2.35. The topological polar surface area (TPSA) is 67.7 Å². The van der Waals surface area contributed by atoms with E-state index in [0.717, 1.165) is 36.9 Å². The lowest BCUT2D eigenvalue weighted by Gasteiger charge is -2.34. The predicted octanol–water partition coefficient (Wildman–Crippen LogP) is 3.73. The second-order valence-corrected chi connectivity index (χ2v) is 10.9. The molecule has 1 atom stereocenters. The SMILES string of the molecule is Cc1ccc2c(c1)CN(S(=O)(=O)C(F)(F)F)C[C@H](COC1CCCC1)N2Cc1cn(C)cn1. The van der Waals surface area contributed by atoms with Gasteiger partial charge in [-0.05, 0) is 31.4 Å². The number of ether oxygens (including phenoxy) is 1. The van der Waals surface area contributed by atoms with Crippen LogP contribution in [0.15, 0.2) is 30.7 Å². The molecular weight excluding hydrogens is 457 g/mol. The van der Waals surface area contributed by atoms with Crippen molar-refractivity contribution in [2.45, 2.75) is 63.4 Å². The first-order valence-corrected chi connectivity index (χ1v) is 12.5. The molecule has 1 aliphatic heterocycles. The van der Waals surface area contributed by atoms with Gasteiger partial charge in [0.15, 0.2) is 0 Å². The van der Waals surface area contributed by atoms with E-state index in [9.17, 15) is 21.6 Å². The second kappa shape index (κ2) is 9.27. The van der Waals surface area contributed by atoms with Crippen LogP contribution in [0.1, 0.15) is 42.5 Å². The molecule has 2 heterocycles. The highest BCUT2D eigenvalue weighted by Gasteiger charge is 2.51. The molecular formula is C22H29F3N4O3S. The van der Waals surface area contributed by atoms with E-state index in [1.165, 1.54) is 0 Å². The van der Waals surface area contributed by atoms with Crippen molar-refractivity contribution in [3.8, 4) is 0 Å². The van der Waals surface area contributed by atoms with E-state index in [1.54, 1.807) is 17.0 Å². The predicted molar refractivity (Wildman–Crippen MR) is 118 cm³/mol. The molecule has 1 fully saturated rings. The molecule has 2 aromatic rings. The van der Waals surface area contributed by atoms with Crippen LogP contribution in [0.25, 0.3) is 0 Å². The van der Waals surface area contributed by atoms with Crippen molar-refractivity contribution < 1.29 is 26.3 Å². The first-order valence-electron chi connectivity index (χ1n) is 11.1. The number of hydrogen-bond acceptors (Lipinski definition) is 5. The van der Waals surface area contributed by atoms with Crippen molar-refractivity contribution in [1.29, 1.82) is 0 Å². The van der Waals surface area contributed by atoms with Crippen LogP contribution >= 0.6 is 0 Å². The third kappa shape index (κ3) is 5.20. The lowest BCUT2D eigenvalue weighted by atomic mass is 10.1. The number of halogens is 3. The number of nitrogens with zero attached hydrogens (tertiary/aromatic N) is 4. The number of benzene rings is 1.